The molecule has 2 aromatic rings. The average molecular weight is 266 g/mol. The number of Topliss-reactive ketones (excluding diaryl/α,β-unsaturated/α-hetero) is 1. The van der Waals surface area contributed by atoms with Gasteiger partial charge >= 0.3 is 0 Å². The van der Waals surface area contributed by atoms with E-state index in [4.69, 9.17) is 0 Å². The molecule has 0 N–H and O–H groups in total. The predicted molar refractivity (Wildman–Crippen MR) is 68.2 cm³/mol. The summed E-state index contributed by atoms with van der Waals surface area (Å²) in [5, 5.41) is 0. The third kappa shape index (κ3) is 2.48. The molecule has 0 fully saturated rings. The van der Waals surface area contributed by atoms with Crippen LogP contribution in [0.4, 0.5) is 8.78 Å². The second-order valence-electron chi connectivity index (χ2n) is 4.16. The zero-order valence-electron chi connectivity index (χ0n) is 10.1. The maximum absolute atomic E-state index is 13.4. The number of aryl methyl sites for hydroxylation is 2. The highest BCUT2D eigenvalue weighted by atomic mass is 32.1. The van der Waals surface area contributed by atoms with Crippen LogP contribution in [0.2, 0.25) is 0 Å². The fourth-order valence-electron chi connectivity index (χ4n) is 1.66. The van der Waals surface area contributed by atoms with E-state index in [2.05, 4.69) is 0 Å². The number of benzene rings is 1. The lowest BCUT2D eigenvalue weighted by Crippen LogP contribution is -2.04. The van der Waals surface area contributed by atoms with Gasteiger partial charge in [-0.05, 0) is 37.1 Å². The highest BCUT2D eigenvalue weighted by molar-refractivity contribution is 7.14. The molecule has 0 amide bonds. The van der Waals surface area contributed by atoms with Crippen LogP contribution in [0.25, 0.3) is 0 Å². The van der Waals surface area contributed by atoms with Crippen molar-refractivity contribution in [3.8, 4) is 0 Å². The Morgan fingerprint density at radius 2 is 2.00 bits per heavy atom. The molecule has 1 nitrogen and oxygen atoms in total. The first-order valence-corrected chi connectivity index (χ1v) is 6.34. The van der Waals surface area contributed by atoms with E-state index in [1.807, 2.05) is 13.8 Å². The summed E-state index contributed by atoms with van der Waals surface area (Å²) < 4.78 is 26.5. The van der Waals surface area contributed by atoms with Crippen molar-refractivity contribution in [1.82, 2.24) is 0 Å². The molecule has 0 bridgehead atoms. The van der Waals surface area contributed by atoms with Gasteiger partial charge in [-0.2, -0.15) is 0 Å². The minimum Gasteiger partial charge on any atom is -0.293 e. The van der Waals surface area contributed by atoms with E-state index in [9.17, 15) is 13.6 Å². The normalized spacial score (nSPS) is 10.7. The van der Waals surface area contributed by atoms with Crippen LogP contribution < -0.4 is 0 Å². The molecule has 0 atom stereocenters. The maximum atomic E-state index is 13.4. The maximum Gasteiger partial charge on any atom is 0.177 e. The van der Waals surface area contributed by atoms with Gasteiger partial charge in [-0.3, -0.25) is 4.79 Å². The van der Waals surface area contributed by atoms with Gasteiger partial charge in [0.05, 0.1) is 4.88 Å². The quantitative estimate of drug-likeness (QED) is 0.765. The minimum atomic E-state index is -0.934. The van der Waals surface area contributed by atoms with Gasteiger partial charge in [0, 0.05) is 11.3 Å². The molecule has 2 rings (SSSR count). The molecule has 1 aromatic carbocycles. The van der Waals surface area contributed by atoms with E-state index < -0.39 is 11.6 Å². The van der Waals surface area contributed by atoms with E-state index in [0.29, 0.717) is 4.88 Å². The summed E-state index contributed by atoms with van der Waals surface area (Å²) >= 11 is 1.39. The van der Waals surface area contributed by atoms with Crippen LogP contribution in [0.15, 0.2) is 24.3 Å². The first kappa shape index (κ1) is 12.9. The summed E-state index contributed by atoms with van der Waals surface area (Å²) in [5.74, 6) is -2.03. The fourth-order valence-corrected chi connectivity index (χ4v) is 2.63. The number of carbonyl (C=O) groups excluding carboxylic acids is 1. The molecule has 18 heavy (non-hydrogen) atoms. The van der Waals surface area contributed by atoms with Gasteiger partial charge in [-0.15, -0.1) is 11.3 Å². The molecule has 0 aliphatic heterocycles. The molecule has 4 heteroatoms. The van der Waals surface area contributed by atoms with Gasteiger partial charge in [0.1, 0.15) is 0 Å². The Labute approximate surface area is 108 Å². The van der Waals surface area contributed by atoms with Crippen LogP contribution in [0.3, 0.4) is 0 Å². The monoisotopic (exact) mass is 266 g/mol. The second-order valence-corrected chi connectivity index (χ2v) is 5.42. The number of thiophene rings is 1. The van der Waals surface area contributed by atoms with Gasteiger partial charge in [0.2, 0.25) is 0 Å². The van der Waals surface area contributed by atoms with Crippen LogP contribution >= 0.6 is 11.3 Å². The molecule has 0 aliphatic carbocycles. The summed E-state index contributed by atoms with van der Waals surface area (Å²) in [6.07, 6.45) is -0.108. The summed E-state index contributed by atoms with van der Waals surface area (Å²) in [6.45, 7) is 3.85. The minimum absolute atomic E-state index is 0.101. The number of rotatable bonds is 3. The molecule has 1 aromatic heterocycles. The Balaban J connectivity index is 2.24. The van der Waals surface area contributed by atoms with E-state index in [1.165, 1.54) is 23.5 Å². The highest BCUT2D eigenvalue weighted by Crippen LogP contribution is 2.23. The lowest BCUT2D eigenvalue weighted by Gasteiger charge is -2.01. The molecule has 0 spiro atoms. The largest absolute Gasteiger partial charge is 0.293 e. The van der Waals surface area contributed by atoms with E-state index in [1.54, 1.807) is 6.07 Å². The fraction of sp³-hybridized carbons (Fsp3) is 0.214. The Hall–Kier alpha value is -1.55. The zero-order valence-corrected chi connectivity index (χ0v) is 10.9. The smallest absolute Gasteiger partial charge is 0.177 e. The molecule has 1 heterocycles. The first-order chi connectivity index (χ1) is 8.49. The molecule has 0 radical (unpaired) electrons. The number of ketones is 1. The van der Waals surface area contributed by atoms with Crippen molar-refractivity contribution < 1.29 is 13.6 Å². The lowest BCUT2D eigenvalue weighted by molar-refractivity contribution is 0.0995. The van der Waals surface area contributed by atoms with Crippen molar-refractivity contribution in [3.63, 3.8) is 0 Å². The van der Waals surface area contributed by atoms with Gasteiger partial charge in [0.15, 0.2) is 17.4 Å². The number of hydrogen-bond acceptors (Lipinski definition) is 2. The van der Waals surface area contributed by atoms with Gasteiger partial charge in [-0.25, -0.2) is 8.78 Å². The van der Waals surface area contributed by atoms with Gasteiger partial charge in [-0.1, -0.05) is 12.1 Å². The molecular formula is C14H12F2OS. The topological polar surface area (TPSA) is 17.1 Å². The summed E-state index contributed by atoms with van der Waals surface area (Å²) in [6, 6.07) is 5.68. The van der Waals surface area contributed by atoms with Crippen LogP contribution in [-0.4, -0.2) is 5.78 Å². The van der Waals surface area contributed by atoms with Gasteiger partial charge in [0.25, 0.3) is 0 Å². The second kappa shape index (κ2) is 4.98. The summed E-state index contributed by atoms with van der Waals surface area (Å²) in [7, 11) is 0. The third-order valence-electron chi connectivity index (χ3n) is 2.82. The zero-order chi connectivity index (χ0) is 13.3. The number of hydrogen-bond donors (Lipinski definition) is 0. The molecule has 0 unspecified atom stereocenters. The Kier molecular flexibility index (Phi) is 3.57. The Bertz CT molecular complexity index is 582. The van der Waals surface area contributed by atoms with Crippen molar-refractivity contribution >= 4 is 17.1 Å². The predicted octanol–water partition coefficient (Wildman–Crippen LogP) is 4.07. The molecule has 0 aliphatic rings. The van der Waals surface area contributed by atoms with Gasteiger partial charge < -0.3 is 0 Å². The Morgan fingerprint density at radius 1 is 1.28 bits per heavy atom. The SMILES string of the molecule is Cc1cc(C(=O)Cc2cccc(F)c2F)sc1C. The van der Waals surface area contributed by atoms with Crippen LogP contribution in [0, 0.1) is 25.5 Å². The van der Waals surface area contributed by atoms with Crippen LogP contribution in [0.1, 0.15) is 25.7 Å². The summed E-state index contributed by atoms with van der Waals surface area (Å²) in [5.41, 5.74) is 1.15. The van der Waals surface area contributed by atoms with Crippen LogP contribution in [-0.2, 0) is 6.42 Å². The molecule has 94 valence electrons. The highest BCUT2D eigenvalue weighted by Gasteiger charge is 2.15. The van der Waals surface area contributed by atoms with Crippen LogP contribution in [0.5, 0.6) is 0 Å². The van der Waals surface area contributed by atoms with Crippen molar-refractivity contribution in [3.05, 3.63) is 56.8 Å². The molecule has 0 saturated carbocycles. The lowest BCUT2D eigenvalue weighted by atomic mass is 10.1. The first-order valence-electron chi connectivity index (χ1n) is 5.52. The van der Waals surface area contributed by atoms with Crippen molar-refractivity contribution in [2.24, 2.45) is 0 Å². The van der Waals surface area contributed by atoms with Crippen molar-refractivity contribution in [2.45, 2.75) is 20.3 Å². The number of carbonyl (C=O) groups is 1. The molecule has 0 saturated heterocycles. The van der Waals surface area contributed by atoms with E-state index in [0.717, 1.165) is 16.5 Å². The van der Waals surface area contributed by atoms with E-state index >= 15 is 0 Å². The Morgan fingerprint density at radius 3 is 2.61 bits per heavy atom. The average Bonchev–Trinajstić information content (AvgIpc) is 2.66. The summed E-state index contributed by atoms with van der Waals surface area (Å²) in [4.78, 5) is 13.6. The van der Waals surface area contributed by atoms with Crippen molar-refractivity contribution in [1.29, 1.82) is 0 Å². The van der Waals surface area contributed by atoms with E-state index in [-0.39, 0.29) is 17.8 Å². The number of halogens is 2. The third-order valence-corrected chi connectivity index (χ3v) is 4.02. The molecular weight excluding hydrogens is 254 g/mol. The van der Waals surface area contributed by atoms with Crippen molar-refractivity contribution in [2.75, 3.05) is 0 Å². The standard InChI is InChI=1S/C14H12F2OS/c1-8-6-13(18-9(8)2)12(17)7-10-4-3-5-11(15)14(10)16/h3-6H,7H2,1-2H3.